The van der Waals surface area contributed by atoms with Gasteiger partial charge in [-0.15, -0.1) is 0 Å². The first-order valence-corrected chi connectivity index (χ1v) is 9.91. The number of rotatable bonds is 4. The van der Waals surface area contributed by atoms with Crippen molar-refractivity contribution < 1.29 is 9.59 Å². The number of carbonyl (C=O) groups excluding carboxylic acids is 2. The van der Waals surface area contributed by atoms with Gasteiger partial charge in [0.2, 0.25) is 5.91 Å². The number of benzene rings is 1. The average molecular weight is 391 g/mol. The van der Waals surface area contributed by atoms with Crippen LogP contribution in [-0.2, 0) is 11.8 Å². The zero-order valence-electron chi connectivity index (χ0n) is 17.2. The third kappa shape index (κ3) is 3.37. The van der Waals surface area contributed by atoms with E-state index in [1.165, 1.54) is 0 Å². The first-order valence-electron chi connectivity index (χ1n) is 9.91. The quantitative estimate of drug-likeness (QED) is 0.734. The number of carbonyl (C=O) groups is 2. The molecule has 150 valence electrons. The van der Waals surface area contributed by atoms with Gasteiger partial charge in [-0.2, -0.15) is 5.10 Å². The van der Waals surface area contributed by atoms with E-state index in [1.807, 2.05) is 58.2 Å². The molecule has 1 aliphatic rings. The summed E-state index contributed by atoms with van der Waals surface area (Å²) in [5.74, 6) is 0.0355. The maximum Gasteiger partial charge on any atom is 0.256 e. The fraction of sp³-hybridized carbons (Fsp3) is 0.364. The van der Waals surface area contributed by atoms with E-state index in [1.54, 1.807) is 9.58 Å². The van der Waals surface area contributed by atoms with Crippen LogP contribution in [0.3, 0.4) is 0 Å². The fourth-order valence-corrected chi connectivity index (χ4v) is 3.85. The van der Waals surface area contributed by atoms with Gasteiger partial charge in [-0.1, -0.05) is 26.0 Å². The molecule has 7 nitrogen and oxygen atoms in total. The van der Waals surface area contributed by atoms with Crippen LogP contribution in [0.25, 0.3) is 11.0 Å². The van der Waals surface area contributed by atoms with Crippen LogP contribution in [0, 0.1) is 6.92 Å². The predicted octanol–water partition coefficient (Wildman–Crippen LogP) is 3.78. The fourth-order valence-electron chi connectivity index (χ4n) is 3.85. The number of nitrogens with zero attached hydrogens (tertiary/aromatic N) is 4. The molecule has 0 bridgehead atoms. The molecule has 0 saturated carbocycles. The molecule has 1 aromatic carbocycles. The van der Waals surface area contributed by atoms with Crippen LogP contribution in [0.15, 0.2) is 30.3 Å². The van der Waals surface area contributed by atoms with Gasteiger partial charge in [-0.25, -0.2) is 4.98 Å². The first-order chi connectivity index (χ1) is 13.9. The molecule has 1 N–H and O–H groups in total. The smallest absolute Gasteiger partial charge is 0.256 e. The molecule has 1 aliphatic heterocycles. The highest BCUT2D eigenvalue weighted by molar-refractivity contribution is 6.14. The second-order valence-electron chi connectivity index (χ2n) is 7.78. The molecule has 3 aromatic rings. The van der Waals surface area contributed by atoms with E-state index < -0.39 is 0 Å². The number of anilines is 2. The van der Waals surface area contributed by atoms with E-state index in [9.17, 15) is 9.59 Å². The van der Waals surface area contributed by atoms with Crippen molar-refractivity contribution in [2.45, 2.75) is 39.5 Å². The molecule has 1 fully saturated rings. The van der Waals surface area contributed by atoms with Crippen LogP contribution >= 0.6 is 0 Å². The number of nitrogens with one attached hydrogen (secondary N) is 1. The monoisotopic (exact) mass is 391 g/mol. The second kappa shape index (κ2) is 7.31. The minimum absolute atomic E-state index is 0.0863. The zero-order valence-corrected chi connectivity index (χ0v) is 17.2. The van der Waals surface area contributed by atoms with Crippen LogP contribution in [0.2, 0.25) is 0 Å². The van der Waals surface area contributed by atoms with Crippen molar-refractivity contribution in [3.8, 4) is 0 Å². The standard InChI is InChI=1S/C22H25N5O2/c1-13(2)17-12-15(20-14(3)25-26(4)21(20)23-17)22(29)24-16-8-5-6-9-18(16)27-11-7-10-19(27)28/h5-6,8-9,12-13H,7,10-11H2,1-4H3,(H,24,29). The molecule has 29 heavy (non-hydrogen) atoms. The summed E-state index contributed by atoms with van der Waals surface area (Å²) >= 11 is 0. The van der Waals surface area contributed by atoms with Crippen molar-refractivity contribution in [1.82, 2.24) is 14.8 Å². The number of aromatic nitrogens is 3. The minimum Gasteiger partial charge on any atom is -0.320 e. The van der Waals surface area contributed by atoms with Gasteiger partial charge in [0.05, 0.1) is 28.0 Å². The Labute approximate surface area is 169 Å². The van der Waals surface area contributed by atoms with Gasteiger partial charge in [0, 0.05) is 25.7 Å². The van der Waals surface area contributed by atoms with E-state index in [0.717, 1.165) is 28.9 Å². The summed E-state index contributed by atoms with van der Waals surface area (Å²) in [6, 6.07) is 9.28. The van der Waals surface area contributed by atoms with Crippen LogP contribution < -0.4 is 10.2 Å². The Morgan fingerprint density at radius 1 is 1.24 bits per heavy atom. The molecule has 7 heteroatoms. The first kappa shape index (κ1) is 19.1. The number of hydrogen-bond acceptors (Lipinski definition) is 4. The topological polar surface area (TPSA) is 80.1 Å². The molecule has 0 radical (unpaired) electrons. The number of amides is 2. The van der Waals surface area contributed by atoms with E-state index in [4.69, 9.17) is 4.98 Å². The lowest BCUT2D eigenvalue weighted by Crippen LogP contribution is -2.25. The molecule has 4 rings (SSSR count). The van der Waals surface area contributed by atoms with E-state index in [2.05, 4.69) is 10.4 Å². The Balaban J connectivity index is 1.77. The van der Waals surface area contributed by atoms with Crippen molar-refractivity contribution in [1.29, 1.82) is 0 Å². The third-order valence-electron chi connectivity index (χ3n) is 5.34. The van der Waals surface area contributed by atoms with Gasteiger partial charge in [-0.05, 0) is 37.5 Å². The van der Waals surface area contributed by atoms with Crippen LogP contribution in [0.1, 0.15) is 54.4 Å². The molecule has 0 atom stereocenters. The summed E-state index contributed by atoms with van der Waals surface area (Å²) in [6.45, 7) is 6.65. The Bertz CT molecular complexity index is 1120. The van der Waals surface area contributed by atoms with Gasteiger partial charge in [0.1, 0.15) is 0 Å². The normalized spacial score (nSPS) is 14.2. The van der Waals surface area contributed by atoms with Crippen molar-refractivity contribution >= 4 is 34.2 Å². The summed E-state index contributed by atoms with van der Waals surface area (Å²) in [4.78, 5) is 32.0. The SMILES string of the molecule is Cc1nn(C)c2nc(C(C)C)cc(C(=O)Nc3ccccc3N3CCCC3=O)c12. The summed E-state index contributed by atoms with van der Waals surface area (Å²) in [5, 5.41) is 8.23. The highest BCUT2D eigenvalue weighted by Crippen LogP contribution is 2.31. The van der Waals surface area contributed by atoms with E-state index >= 15 is 0 Å². The van der Waals surface area contributed by atoms with E-state index in [-0.39, 0.29) is 17.7 Å². The van der Waals surface area contributed by atoms with Crippen LogP contribution in [0.4, 0.5) is 11.4 Å². The number of aryl methyl sites for hydroxylation is 2. The summed E-state index contributed by atoms with van der Waals surface area (Å²) in [5.41, 5.74) is 4.21. The predicted molar refractivity (Wildman–Crippen MR) is 113 cm³/mol. The molecular formula is C22H25N5O2. The molecular weight excluding hydrogens is 366 g/mol. The Morgan fingerprint density at radius 2 is 2.00 bits per heavy atom. The molecule has 0 spiro atoms. The second-order valence-corrected chi connectivity index (χ2v) is 7.78. The van der Waals surface area contributed by atoms with Gasteiger partial charge in [0.15, 0.2) is 5.65 Å². The van der Waals surface area contributed by atoms with Crippen molar-refractivity contribution in [3.05, 3.63) is 47.3 Å². The molecule has 2 amide bonds. The summed E-state index contributed by atoms with van der Waals surface area (Å²) in [7, 11) is 1.84. The largest absolute Gasteiger partial charge is 0.320 e. The van der Waals surface area contributed by atoms with Gasteiger partial charge in [-0.3, -0.25) is 14.3 Å². The average Bonchev–Trinajstić information content (AvgIpc) is 3.24. The third-order valence-corrected chi connectivity index (χ3v) is 5.34. The highest BCUT2D eigenvalue weighted by atomic mass is 16.2. The van der Waals surface area contributed by atoms with E-state index in [0.29, 0.717) is 29.9 Å². The molecule has 3 heterocycles. The number of fused-ring (bicyclic) bond motifs is 1. The van der Waals surface area contributed by atoms with Gasteiger partial charge >= 0.3 is 0 Å². The van der Waals surface area contributed by atoms with Gasteiger partial charge < -0.3 is 10.2 Å². The van der Waals surface area contributed by atoms with Crippen molar-refractivity contribution in [2.24, 2.45) is 7.05 Å². The Hall–Kier alpha value is -3.22. The summed E-state index contributed by atoms with van der Waals surface area (Å²) < 4.78 is 1.71. The summed E-state index contributed by atoms with van der Waals surface area (Å²) in [6.07, 6.45) is 1.37. The van der Waals surface area contributed by atoms with Crippen molar-refractivity contribution in [3.63, 3.8) is 0 Å². The molecule has 2 aromatic heterocycles. The van der Waals surface area contributed by atoms with Crippen LogP contribution in [-0.4, -0.2) is 33.1 Å². The lowest BCUT2D eigenvalue weighted by Gasteiger charge is -2.20. The lowest BCUT2D eigenvalue weighted by molar-refractivity contribution is -0.117. The lowest BCUT2D eigenvalue weighted by atomic mass is 10.0. The Morgan fingerprint density at radius 3 is 2.69 bits per heavy atom. The van der Waals surface area contributed by atoms with Crippen molar-refractivity contribution in [2.75, 3.05) is 16.8 Å². The number of pyridine rings is 1. The van der Waals surface area contributed by atoms with Crippen LogP contribution in [0.5, 0.6) is 0 Å². The maximum absolute atomic E-state index is 13.3. The Kier molecular flexibility index (Phi) is 4.82. The molecule has 1 saturated heterocycles. The molecule has 0 aliphatic carbocycles. The molecule has 0 unspecified atom stereocenters. The number of para-hydroxylation sites is 2. The van der Waals surface area contributed by atoms with Gasteiger partial charge in [0.25, 0.3) is 5.91 Å². The maximum atomic E-state index is 13.3. The zero-order chi connectivity index (χ0) is 20.7. The number of hydrogen-bond donors (Lipinski definition) is 1. The highest BCUT2D eigenvalue weighted by Gasteiger charge is 2.25. The minimum atomic E-state index is -0.227.